The van der Waals surface area contributed by atoms with Crippen molar-refractivity contribution in [1.82, 2.24) is 0 Å². The van der Waals surface area contributed by atoms with Gasteiger partial charge in [-0.2, -0.15) is 0 Å². The Morgan fingerprint density at radius 2 is 1.45 bits per heavy atom. The van der Waals surface area contributed by atoms with Crippen molar-refractivity contribution in [3.63, 3.8) is 0 Å². The lowest BCUT2D eigenvalue weighted by atomic mass is 9.79. The first-order chi connectivity index (χ1) is 9.91. The molecule has 1 aromatic carbocycles. The lowest BCUT2D eigenvalue weighted by Gasteiger charge is -2.32. The van der Waals surface area contributed by atoms with Crippen molar-refractivity contribution < 1.29 is 18.8 Å². The van der Waals surface area contributed by atoms with Crippen LogP contribution in [0.5, 0.6) is 0 Å². The Bertz CT molecular complexity index is 539. The summed E-state index contributed by atoms with van der Waals surface area (Å²) in [6.07, 6.45) is 0. The van der Waals surface area contributed by atoms with Crippen LogP contribution in [0.1, 0.15) is 58.8 Å². The predicted molar refractivity (Wildman–Crippen MR) is 87.3 cm³/mol. The first kappa shape index (κ1) is 17.0. The highest BCUT2D eigenvalue weighted by molar-refractivity contribution is 6.62. The minimum absolute atomic E-state index is 0.326. The van der Waals surface area contributed by atoms with Crippen LogP contribution in [0.25, 0.3) is 0 Å². The molecule has 0 amide bonds. The molecule has 5 heteroatoms. The van der Waals surface area contributed by atoms with Crippen LogP contribution in [0, 0.1) is 0 Å². The zero-order valence-electron chi connectivity index (χ0n) is 14.5. The predicted octanol–water partition coefficient (Wildman–Crippen LogP) is 2.94. The second-order valence-corrected chi connectivity index (χ2v) is 7.71. The molecule has 0 aromatic heterocycles. The maximum absolute atomic E-state index is 12.0. The molecule has 1 heterocycles. The van der Waals surface area contributed by atoms with Gasteiger partial charge in [0, 0.05) is 0 Å². The van der Waals surface area contributed by atoms with Crippen molar-refractivity contribution in [2.45, 2.75) is 65.3 Å². The lowest BCUT2D eigenvalue weighted by molar-refractivity contribution is 0.00578. The van der Waals surface area contributed by atoms with Gasteiger partial charge < -0.3 is 14.0 Å². The van der Waals surface area contributed by atoms with Gasteiger partial charge in [-0.05, 0) is 66.1 Å². The Labute approximate surface area is 133 Å². The quantitative estimate of drug-likeness (QED) is 0.622. The van der Waals surface area contributed by atoms with E-state index in [1.807, 2.05) is 60.6 Å². The van der Waals surface area contributed by atoms with E-state index in [0.717, 1.165) is 5.46 Å². The zero-order valence-corrected chi connectivity index (χ0v) is 14.5. The van der Waals surface area contributed by atoms with Crippen LogP contribution >= 0.6 is 0 Å². The fraction of sp³-hybridized carbons (Fsp3) is 0.588. The number of rotatable bonds is 2. The summed E-state index contributed by atoms with van der Waals surface area (Å²) in [4.78, 5) is 12.0. The second-order valence-electron chi connectivity index (χ2n) is 7.71. The molecule has 1 fully saturated rings. The van der Waals surface area contributed by atoms with Crippen molar-refractivity contribution in [1.29, 1.82) is 0 Å². The Kier molecular flexibility index (Phi) is 4.17. The highest BCUT2D eigenvalue weighted by Crippen LogP contribution is 2.36. The van der Waals surface area contributed by atoms with E-state index >= 15 is 0 Å². The first-order valence-electron chi connectivity index (χ1n) is 7.60. The molecule has 1 aromatic rings. The maximum atomic E-state index is 12.0. The van der Waals surface area contributed by atoms with E-state index in [4.69, 9.17) is 14.0 Å². The summed E-state index contributed by atoms with van der Waals surface area (Å²) in [5, 5.41) is 0. The van der Waals surface area contributed by atoms with Crippen molar-refractivity contribution in [3.05, 3.63) is 29.8 Å². The molecule has 0 spiro atoms. The molecule has 2 rings (SSSR count). The standard InChI is InChI=1S/C17H25BO4/c1-15(2,3)20-14(19)12-8-10-13(11-9-12)18-21-16(4,5)17(6,7)22-18/h8-11H,1-7H3. The number of hydrogen-bond donors (Lipinski definition) is 0. The highest BCUT2D eigenvalue weighted by atomic mass is 16.7. The molecule has 0 N–H and O–H groups in total. The van der Waals surface area contributed by atoms with Crippen LogP contribution in [0.15, 0.2) is 24.3 Å². The van der Waals surface area contributed by atoms with Gasteiger partial charge in [0.25, 0.3) is 0 Å². The largest absolute Gasteiger partial charge is 0.494 e. The number of ether oxygens (including phenoxy) is 1. The smallest absolute Gasteiger partial charge is 0.456 e. The van der Waals surface area contributed by atoms with Gasteiger partial charge in [0.15, 0.2) is 0 Å². The van der Waals surface area contributed by atoms with Crippen LogP contribution in [-0.4, -0.2) is 29.9 Å². The van der Waals surface area contributed by atoms with Crippen molar-refractivity contribution in [3.8, 4) is 0 Å². The topological polar surface area (TPSA) is 44.8 Å². The van der Waals surface area contributed by atoms with Crippen LogP contribution in [0.4, 0.5) is 0 Å². The van der Waals surface area contributed by atoms with Crippen LogP contribution in [-0.2, 0) is 14.0 Å². The average molecular weight is 304 g/mol. The summed E-state index contributed by atoms with van der Waals surface area (Å²) in [5.74, 6) is -0.326. The zero-order chi connectivity index (χ0) is 16.8. The minimum atomic E-state index is -0.499. The Balaban J connectivity index is 2.12. The molecule has 0 bridgehead atoms. The van der Waals surface area contributed by atoms with Gasteiger partial charge in [0.05, 0.1) is 16.8 Å². The summed E-state index contributed by atoms with van der Waals surface area (Å²) >= 11 is 0. The highest BCUT2D eigenvalue weighted by Gasteiger charge is 2.51. The van der Waals surface area contributed by atoms with E-state index in [2.05, 4.69) is 0 Å². The van der Waals surface area contributed by atoms with Gasteiger partial charge in [0.2, 0.25) is 0 Å². The fourth-order valence-corrected chi connectivity index (χ4v) is 2.09. The van der Waals surface area contributed by atoms with E-state index in [1.54, 1.807) is 12.1 Å². The van der Waals surface area contributed by atoms with E-state index in [0.29, 0.717) is 5.56 Å². The van der Waals surface area contributed by atoms with Gasteiger partial charge in [0.1, 0.15) is 5.60 Å². The first-order valence-corrected chi connectivity index (χ1v) is 7.60. The minimum Gasteiger partial charge on any atom is -0.456 e. The van der Waals surface area contributed by atoms with Crippen LogP contribution in [0.3, 0.4) is 0 Å². The molecule has 120 valence electrons. The van der Waals surface area contributed by atoms with Gasteiger partial charge in [-0.3, -0.25) is 0 Å². The number of benzene rings is 1. The molecule has 0 aliphatic carbocycles. The molecule has 0 unspecified atom stereocenters. The number of esters is 1. The van der Waals surface area contributed by atoms with E-state index in [1.165, 1.54) is 0 Å². The molecular weight excluding hydrogens is 279 g/mol. The second kappa shape index (κ2) is 5.39. The van der Waals surface area contributed by atoms with Gasteiger partial charge >= 0.3 is 13.1 Å². The SMILES string of the molecule is CC(C)(C)OC(=O)c1ccc(B2OC(C)(C)C(C)(C)O2)cc1. The van der Waals surface area contributed by atoms with Crippen molar-refractivity contribution >= 4 is 18.6 Å². The Morgan fingerprint density at radius 1 is 1.00 bits per heavy atom. The third-order valence-electron chi connectivity index (χ3n) is 4.07. The van der Waals surface area contributed by atoms with E-state index in [-0.39, 0.29) is 17.2 Å². The molecule has 0 saturated carbocycles. The normalized spacial score (nSPS) is 20.0. The lowest BCUT2D eigenvalue weighted by Crippen LogP contribution is -2.41. The summed E-state index contributed by atoms with van der Waals surface area (Å²) < 4.78 is 17.3. The van der Waals surface area contributed by atoms with Gasteiger partial charge in [-0.15, -0.1) is 0 Å². The van der Waals surface area contributed by atoms with E-state index in [9.17, 15) is 4.79 Å². The monoisotopic (exact) mass is 304 g/mol. The van der Waals surface area contributed by atoms with Gasteiger partial charge in [-0.1, -0.05) is 12.1 Å². The maximum Gasteiger partial charge on any atom is 0.494 e. The summed E-state index contributed by atoms with van der Waals surface area (Å²) in [7, 11) is -0.419. The molecule has 22 heavy (non-hydrogen) atoms. The summed E-state index contributed by atoms with van der Waals surface area (Å²) in [6.45, 7) is 13.6. The van der Waals surface area contributed by atoms with Crippen LogP contribution in [0.2, 0.25) is 0 Å². The Morgan fingerprint density at radius 3 is 1.86 bits per heavy atom. The van der Waals surface area contributed by atoms with Crippen LogP contribution < -0.4 is 5.46 Å². The molecule has 1 saturated heterocycles. The van der Waals surface area contributed by atoms with Gasteiger partial charge in [-0.25, -0.2) is 4.79 Å². The number of carbonyl (C=O) groups excluding carboxylic acids is 1. The third-order valence-corrected chi connectivity index (χ3v) is 4.07. The molecular formula is C17H25BO4. The molecule has 0 radical (unpaired) electrons. The van der Waals surface area contributed by atoms with E-state index < -0.39 is 12.7 Å². The molecule has 1 aliphatic heterocycles. The molecule has 1 aliphatic rings. The number of hydrogen-bond acceptors (Lipinski definition) is 4. The summed E-state index contributed by atoms with van der Waals surface area (Å²) in [6, 6.07) is 7.19. The summed E-state index contributed by atoms with van der Waals surface area (Å²) in [5.41, 5.74) is 0.172. The molecule has 4 nitrogen and oxygen atoms in total. The Hall–Kier alpha value is -1.33. The van der Waals surface area contributed by atoms with Crippen molar-refractivity contribution in [2.75, 3.05) is 0 Å². The third kappa shape index (κ3) is 3.53. The average Bonchev–Trinajstić information content (AvgIpc) is 2.56. The molecule has 0 atom stereocenters. The number of carbonyl (C=O) groups is 1. The fourth-order valence-electron chi connectivity index (χ4n) is 2.09. The van der Waals surface area contributed by atoms with Crippen molar-refractivity contribution in [2.24, 2.45) is 0 Å².